The van der Waals surface area contributed by atoms with Crippen molar-refractivity contribution in [3.63, 3.8) is 0 Å². The lowest BCUT2D eigenvalue weighted by atomic mass is 9.83. The van der Waals surface area contributed by atoms with Gasteiger partial charge in [-0.25, -0.2) is 9.38 Å². The predicted molar refractivity (Wildman–Crippen MR) is 155 cm³/mol. The average Bonchev–Trinajstić information content (AvgIpc) is 3.56. The molecule has 3 heterocycles. The van der Waals surface area contributed by atoms with Crippen LogP contribution in [0.1, 0.15) is 34.9 Å². The molecule has 0 unspecified atom stereocenters. The Balaban J connectivity index is 1.36. The number of furan rings is 1. The van der Waals surface area contributed by atoms with Crippen molar-refractivity contribution in [2.45, 2.75) is 18.9 Å². The molecule has 0 saturated heterocycles. The maximum Gasteiger partial charge on any atom is 0.271 e. The van der Waals surface area contributed by atoms with Crippen LogP contribution in [0, 0.1) is 15.9 Å². The lowest BCUT2D eigenvalue weighted by Crippen LogP contribution is -2.38. The molecule has 10 heteroatoms. The van der Waals surface area contributed by atoms with Crippen molar-refractivity contribution in [3.8, 4) is 11.3 Å². The Bertz CT molecular complexity index is 2090. The molecule has 0 N–H and O–H groups in total. The van der Waals surface area contributed by atoms with E-state index < -0.39 is 11.0 Å². The fourth-order valence-electron chi connectivity index (χ4n) is 5.49. The van der Waals surface area contributed by atoms with Gasteiger partial charge in [-0.1, -0.05) is 59.3 Å². The number of allylic oxidation sites excluding steroid dienone is 1. The van der Waals surface area contributed by atoms with E-state index in [0.717, 1.165) is 35.2 Å². The SMILES string of the molecule is O=c1/c(=C\c2ccc(-c3ccc([N+](=O)[O-])cc3Cl)o2)sc2n1[C@@H](c1ccc(F)cc1)C1=C(N=2)c2ccccc2CC1. The molecule has 0 saturated carbocycles. The highest BCUT2D eigenvalue weighted by Gasteiger charge is 2.32. The molecule has 0 spiro atoms. The van der Waals surface area contributed by atoms with Crippen LogP contribution in [-0.4, -0.2) is 9.49 Å². The second kappa shape index (κ2) is 9.79. The second-order valence-corrected chi connectivity index (χ2v) is 11.2. The molecule has 1 aliphatic heterocycles. The molecule has 7 nitrogen and oxygen atoms in total. The quantitative estimate of drug-likeness (QED) is 0.184. The zero-order valence-corrected chi connectivity index (χ0v) is 22.8. The molecule has 0 fully saturated rings. The first-order valence-corrected chi connectivity index (χ1v) is 14.0. The number of nitro groups is 1. The lowest BCUT2D eigenvalue weighted by molar-refractivity contribution is -0.384. The maximum absolute atomic E-state index is 13.9. The van der Waals surface area contributed by atoms with Crippen LogP contribution in [0.25, 0.3) is 23.1 Å². The second-order valence-electron chi connectivity index (χ2n) is 9.79. The zero-order valence-electron chi connectivity index (χ0n) is 21.2. The van der Waals surface area contributed by atoms with Gasteiger partial charge >= 0.3 is 0 Å². The highest BCUT2D eigenvalue weighted by molar-refractivity contribution is 7.07. The van der Waals surface area contributed by atoms with Gasteiger partial charge in [0.05, 0.1) is 26.2 Å². The average molecular weight is 584 g/mol. The van der Waals surface area contributed by atoms with Crippen LogP contribution in [0.4, 0.5) is 10.1 Å². The molecule has 202 valence electrons. The van der Waals surface area contributed by atoms with E-state index in [4.69, 9.17) is 21.0 Å². The number of nitro benzene ring substituents is 1. The highest BCUT2D eigenvalue weighted by atomic mass is 35.5. The summed E-state index contributed by atoms with van der Waals surface area (Å²) in [7, 11) is 0. The van der Waals surface area contributed by atoms with Gasteiger partial charge in [-0.15, -0.1) is 0 Å². The predicted octanol–water partition coefficient (Wildman–Crippen LogP) is 6.28. The fourth-order valence-corrected chi connectivity index (χ4v) is 6.74. The molecule has 7 rings (SSSR count). The Morgan fingerprint density at radius 3 is 2.63 bits per heavy atom. The third-order valence-electron chi connectivity index (χ3n) is 7.39. The smallest absolute Gasteiger partial charge is 0.271 e. The fraction of sp³-hybridized carbons (Fsp3) is 0.0968. The standard InChI is InChI=1S/C31H19ClFN3O4S/c32-25-15-20(36(38)39)10-13-23(25)26-14-11-21(40-26)16-27-30(37)35-29(18-5-8-19(33)9-6-18)24-12-7-17-3-1-2-4-22(17)28(24)34-31(35)41-27/h1-6,8-11,13-16,29H,7,12H2/b27-16+/t29-/m0/s1. The lowest BCUT2D eigenvalue weighted by Gasteiger charge is -2.30. The van der Waals surface area contributed by atoms with Crippen LogP contribution in [0.3, 0.4) is 0 Å². The Morgan fingerprint density at radius 2 is 1.85 bits per heavy atom. The van der Waals surface area contributed by atoms with Crippen molar-refractivity contribution < 1.29 is 13.7 Å². The Hall–Kier alpha value is -4.60. The molecule has 0 radical (unpaired) electrons. The Kier molecular flexibility index (Phi) is 6.06. The minimum absolute atomic E-state index is 0.118. The molecular weight excluding hydrogens is 565 g/mol. The number of hydrogen-bond donors (Lipinski definition) is 0. The van der Waals surface area contributed by atoms with Gasteiger partial charge < -0.3 is 4.42 Å². The van der Waals surface area contributed by atoms with Crippen LogP contribution in [0.15, 0.2) is 98.6 Å². The van der Waals surface area contributed by atoms with E-state index >= 15 is 0 Å². The number of halogens is 2. The molecular formula is C31H19ClFN3O4S. The van der Waals surface area contributed by atoms with E-state index in [1.165, 1.54) is 47.2 Å². The number of nitrogens with zero attached hydrogens (tertiary/aromatic N) is 3. The summed E-state index contributed by atoms with van der Waals surface area (Å²) >= 11 is 7.55. The van der Waals surface area contributed by atoms with Crippen molar-refractivity contribution >= 4 is 40.4 Å². The minimum Gasteiger partial charge on any atom is -0.457 e. The van der Waals surface area contributed by atoms with Crippen LogP contribution < -0.4 is 14.9 Å². The van der Waals surface area contributed by atoms with E-state index in [-0.39, 0.29) is 22.1 Å². The molecule has 3 aromatic carbocycles. The number of benzene rings is 3. The van der Waals surface area contributed by atoms with Gasteiger partial charge in [0, 0.05) is 29.3 Å². The van der Waals surface area contributed by atoms with Gasteiger partial charge in [-0.05, 0) is 59.9 Å². The summed E-state index contributed by atoms with van der Waals surface area (Å²) < 4.78 is 22.0. The van der Waals surface area contributed by atoms with E-state index in [1.807, 2.05) is 12.1 Å². The van der Waals surface area contributed by atoms with Gasteiger partial charge in [-0.2, -0.15) is 0 Å². The highest BCUT2D eigenvalue weighted by Crippen LogP contribution is 2.41. The van der Waals surface area contributed by atoms with Crippen LogP contribution in [-0.2, 0) is 6.42 Å². The van der Waals surface area contributed by atoms with E-state index in [9.17, 15) is 19.3 Å². The molecule has 41 heavy (non-hydrogen) atoms. The zero-order chi connectivity index (χ0) is 28.2. The minimum atomic E-state index is -0.515. The Morgan fingerprint density at radius 1 is 1.05 bits per heavy atom. The van der Waals surface area contributed by atoms with E-state index in [2.05, 4.69) is 12.1 Å². The first-order chi connectivity index (χ1) is 19.9. The molecule has 2 aromatic heterocycles. The third kappa shape index (κ3) is 4.34. The summed E-state index contributed by atoms with van der Waals surface area (Å²) in [4.78, 5) is 29.9. The molecule has 1 aliphatic carbocycles. The normalized spacial score (nSPS) is 16.1. The molecule has 5 aromatic rings. The molecule has 2 aliphatic rings. The topological polar surface area (TPSA) is 90.6 Å². The number of aryl methyl sites for hydroxylation is 1. The molecule has 0 amide bonds. The van der Waals surface area contributed by atoms with Crippen molar-refractivity contribution in [1.82, 2.24) is 4.57 Å². The summed E-state index contributed by atoms with van der Waals surface area (Å²) in [5, 5.41) is 11.2. The van der Waals surface area contributed by atoms with Crippen LogP contribution in [0.5, 0.6) is 0 Å². The monoisotopic (exact) mass is 583 g/mol. The molecule has 1 atom stereocenters. The van der Waals surface area contributed by atoms with Crippen molar-refractivity contribution in [1.29, 1.82) is 0 Å². The number of thiazole rings is 1. The van der Waals surface area contributed by atoms with Gasteiger partial charge in [0.25, 0.3) is 11.2 Å². The van der Waals surface area contributed by atoms with Gasteiger partial charge in [0.1, 0.15) is 17.3 Å². The van der Waals surface area contributed by atoms with Gasteiger partial charge in [0.15, 0.2) is 4.80 Å². The van der Waals surface area contributed by atoms with Gasteiger partial charge in [0.2, 0.25) is 0 Å². The van der Waals surface area contributed by atoms with Crippen molar-refractivity contribution in [2.75, 3.05) is 0 Å². The Labute approximate surface area is 241 Å². The first-order valence-electron chi connectivity index (χ1n) is 12.8. The number of aromatic nitrogens is 1. The van der Waals surface area contributed by atoms with E-state index in [1.54, 1.807) is 34.9 Å². The largest absolute Gasteiger partial charge is 0.457 e. The summed E-state index contributed by atoms with van der Waals surface area (Å²) in [5.41, 5.74) is 5.13. The first kappa shape index (κ1) is 25.4. The number of hydrogen-bond acceptors (Lipinski definition) is 6. The van der Waals surface area contributed by atoms with Gasteiger partial charge in [-0.3, -0.25) is 19.5 Å². The summed E-state index contributed by atoms with van der Waals surface area (Å²) in [6, 6.07) is 21.6. The number of non-ortho nitro benzene ring substituents is 1. The van der Waals surface area contributed by atoms with Crippen molar-refractivity contribution in [2.24, 2.45) is 4.99 Å². The molecule has 0 bridgehead atoms. The van der Waals surface area contributed by atoms with E-state index in [0.29, 0.717) is 26.4 Å². The maximum atomic E-state index is 13.9. The number of rotatable bonds is 4. The van der Waals surface area contributed by atoms with Crippen molar-refractivity contribution in [3.05, 3.63) is 148 Å². The van der Waals surface area contributed by atoms with Crippen LogP contribution in [0.2, 0.25) is 5.02 Å². The summed E-state index contributed by atoms with van der Waals surface area (Å²) in [6.45, 7) is 0. The number of fused-ring (bicyclic) bond motifs is 3. The summed E-state index contributed by atoms with van der Waals surface area (Å²) in [6.07, 6.45) is 3.22. The third-order valence-corrected chi connectivity index (χ3v) is 8.68. The summed E-state index contributed by atoms with van der Waals surface area (Å²) in [5.74, 6) is 0.499. The van der Waals surface area contributed by atoms with Crippen LogP contribution >= 0.6 is 22.9 Å².